The zero-order chi connectivity index (χ0) is 28.5. The van der Waals surface area contributed by atoms with Gasteiger partial charge < -0.3 is 29.4 Å². The normalized spacial score (nSPS) is 14.0. The minimum atomic E-state index is -0.562. The number of esters is 1. The summed E-state index contributed by atoms with van der Waals surface area (Å²) in [7, 11) is 0. The van der Waals surface area contributed by atoms with Crippen molar-refractivity contribution in [2.24, 2.45) is 5.73 Å². The summed E-state index contributed by atoms with van der Waals surface area (Å²) in [5, 5.41) is 9.95. The van der Waals surface area contributed by atoms with E-state index in [1.165, 1.54) is 0 Å². The average molecular weight is 543 g/mol. The summed E-state index contributed by atoms with van der Waals surface area (Å²) in [6.07, 6.45) is 3.16. The number of aryl methyl sites for hydroxylation is 1. The number of allylic oxidation sites excluding steroid dienone is 1. The molecule has 1 unspecified atom stereocenters. The number of nitriles is 1. The second kappa shape index (κ2) is 13.4. The molecule has 8 heteroatoms. The summed E-state index contributed by atoms with van der Waals surface area (Å²) in [5.41, 5.74) is 8.89. The molecule has 3 aromatic rings. The van der Waals surface area contributed by atoms with Crippen LogP contribution < -0.4 is 29.4 Å². The summed E-state index contributed by atoms with van der Waals surface area (Å²) < 4.78 is 28.7. The molecule has 4 rings (SSSR count). The molecule has 208 valence electrons. The first kappa shape index (κ1) is 28.4. The molecule has 0 radical (unpaired) electrons. The molecule has 3 aromatic carbocycles. The molecule has 2 N–H and O–H groups in total. The molecule has 0 aromatic heterocycles. The van der Waals surface area contributed by atoms with E-state index in [0.29, 0.717) is 41.8 Å². The number of carbonyl (C=O) groups is 1. The Morgan fingerprint density at radius 2 is 1.80 bits per heavy atom. The lowest BCUT2D eigenvalue weighted by molar-refractivity contribution is -0.136. The fourth-order valence-electron chi connectivity index (χ4n) is 4.48. The van der Waals surface area contributed by atoms with E-state index in [1.54, 1.807) is 24.3 Å². The van der Waals surface area contributed by atoms with Gasteiger partial charge in [-0.2, -0.15) is 5.26 Å². The van der Waals surface area contributed by atoms with Crippen LogP contribution >= 0.6 is 0 Å². The number of hydrogen-bond acceptors (Lipinski definition) is 8. The lowest BCUT2D eigenvalue weighted by atomic mass is 9.83. The van der Waals surface area contributed by atoms with Crippen molar-refractivity contribution in [3.8, 4) is 34.8 Å². The molecule has 8 nitrogen and oxygen atoms in total. The Morgan fingerprint density at radius 3 is 2.55 bits per heavy atom. The highest BCUT2D eigenvalue weighted by Gasteiger charge is 2.32. The van der Waals surface area contributed by atoms with Crippen LogP contribution in [0.1, 0.15) is 55.7 Å². The summed E-state index contributed by atoms with van der Waals surface area (Å²) in [4.78, 5) is 12.5. The van der Waals surface area contributed by atoms with E-state index in [0.717, 1.165) is 30.4 Å². The van der Waals surface area contributed by atoms with Crippen LogP contribution in [0, 0.1) is 18.3 Å². The maximum absolute atomic E-state index is 12.5. The fraction of sp³-hybridized carbons (Fsp3) is 0.312. The van der Waals surface area contributed by atoms with Gasteiger partial charge in [0.05, 0.1) is 19.1 Å². The van der Waals surface area contributed by atoms with Crippen molar-refractivity contribution in [3.63, 3.8) is 0 Å². The summed E-state index contributed by atoms with van der Waals surface area (Å²) in [6.45, 7) is 6.76. The monoisotopic (exact) mass is 542 g/mol. The number of fused-ring (bicyclic) bond motifs is 1. The topological polar surface area (TPSA) is 113 Å². The predicted molar refractivity (Wildman–Crippen MR) is 151 cm³/mol. The Bertz CT molecular complexity index is 1430. The van der Waals surface area contributed by atoms with Crippen molar-refractivity contribution in [2.75, 3.05) is 19.8 Å². The number of nitrogens with zero attached hydrogens (tertiary/aromatic N) is 1. The standard InChI is InChI=1S/C32H34N2O6/c1-4-6-9-16-37-27-15-12-22(17-29(27)36-5-2)31-24-14-13-23(18-28(24)40-32(34)25(31)19-33)39-30(35)20-38-26-11-8-7-10-21(26)3/h7-8,10-15,17-18,31H,4-6,9,16,20,34H2,1-3H3. The Morgan fingerprint density at radius 1 is 0.975 bits per heavy atom. The number of hydrogen-bond donors (Lipinski definition) is 1. The van der Waals surface area contributed by atoms with E-state index < -0.39 is 11.9 Å². The van der Waals surface area contributed by atoms with E-state index in [-0.39, 0.29) is 23.8 Å². The Labute approximate surface area is 234 Å². The van der Waals surface area contributed by atoms with Gasteiger partial charge in [0.15, 0.2) is 18.1 Å². The van der Waals surface area contributed by atoms with Gasteiger partial charge in [-0.15, -0.1) is 0 Å². The molecule has 0 bridgehead atoms. The molecule has 0 spiro atoms. The van der Waals surface area contributed by atoms with Crippen molar-refractivity contribution in [3.05, 3.63) is 88.8 Å². The first-order valence-corrected chi connectivity index (χ1v) is 13.4. The molecule has 0 aliphatic carbocycles. The Hall–Kier alpha value is -4.64. The van der Waals surface area contributed by atoms with Gasteiger partial charge in [0.1, 0.15) is 28.9 Å². The Balaban J connectivity index is 1.56. The quantitative estimate of drug-likeness (QED) is 0.164. The van der Waals surface area contributed by atoms with Gasteiger partial charge in [0, 0.05) is 11.6 Å². The molecule has 0 amide bonds. The first-order valence-electron chi connectivity index (χ1n) is 13.4. The highest BCUT2D eigenvalue weighted by Crippen LogP contribution is 2.45. The SMILES string of the molecule is CCCCCOc1ccc(C2C(C#N)=C(N)Oc3cc(OC(=O)COc4ccccc4C)ccc32)cc1OCC. The van der Waals surface area contributed by atoms with E-state index in [2.05, 4.69) is 13.0 Å². The maximum Gasteiger partial charge on any atom is 0.349 e. The third-order valence-corrected chi connectivity index (χ3v) is 6.47. The molecular weight excluding hydrogens is 508 g/mol. The number of ether oxygens (including phenoxy) is 5. The number of carbonyl (C=O) groups excluding carboxylic acids is 1. The largest absolute Gasteiger partial charge is 0.490 e. The van der Waals surface area contributed by atoms with Gasteiger partial charge in [-0.05, 0) is 55.7 Å². The van der Waals surface area contributed by atoms with Crippen molar-refractivity contribution < 1.29 is 28.5 Å². The van der Waals surface area contributed by atoms with Crippen LogP contribution in [0.5, 0.6) is 28.7 Å². The predicted octanol–water partition coefficient (Wildman–Crippen LogP) is 6.17. The molecule has 1 heterocycles. The van der Waals surface area contributed by atoms with E-state index in [4.69, 9.17) is 29.4 Å². The molecule has 1 aliphatic rings. The van der Waals surface area contributed by atoms with Crippen LogP contribution in [0.3, 0.4) is 0 Å². The van der Waals surface area contributed by atoms with Crippen LogP contribution in [0.2, 0.25) is 0 Å². The number of rotatable bonds is 12. The van der Waals surface area contributed by atoms with Crippen LogP contribution in [-0.2, 0) is 4.79 Å². The lowest BCUT2D eigenvalue weighted by Gasteiger charge is -2.27. The molecule has 0 saturated carbocycles. The summed E-state index contributed by atoms with van der Waals surface area (Å²) in [5.74, 6) is 1.45. The zero-order valence-corrected chi connectivity index (χ0v) is 23.1. The summed E-state index contributed by atoms with van der Waals surface area (Å²) in [6, 6.07) is 20.3. The minimum absolute atomic E-state index is 0.00999. The van der Waals surface area contributed by atoms with Crippen LogP contribution in [0.4, 0.5) is 0 Å². The van der Waals surface area contributed by atoms with Crippen LogP contribution in [-0.4, -0.2) is 25.8 Å². The third-order valence-electron chi connectivity index (χ3n) is 6.47. The number of benzene rings is 3. The number of unbranched alkanes of at least 4 members (excludes halogenated alkanes) is 2. The zero-order valence-electron chi connectivity index (χ0n) is 23.1. The lowest BCUT2D eigenvalue weighted by Crippen LogP contribution is -2.22. The first-order chi connectivity index (χ1) is 19.4. The average Bonchev–Trinajstić information content (AvgIpc) is 2.95. The molecule has 0 saturated heterocycles. The molecule has 0 fully saturated rings. The van der Waals surface area contributed by atoms with Gasteiger partial charge >= 0.3 is 5.97 Å². The van der Waals surface area contributed by atoms with Crippen molar-refractivity contribution in [2.45, 2.75) is 46.0 Å². The highest BCUT2D eigenvalue weighted by atomic mass is 16.6. The van der Waals surface area contributed by atoms with Gasteiger partial charge in [0.25, 0.3) is 0 Å². The smallest absolute Gasteiger partial charge is 0.349 e. The van der Waals surface area contributed by atoms with Crippen LogP contribution in [0.15, 0.2) is 72.1 Å². The van der Waals surface area contributed by atoms with Crippen LogP contribution in [0.25, 0.3) is 0 Å². The minimum Gasteiger partial charge on any atom is -0.490 e. The second-order valence-electron chi connectivity index (χ2n) is 9.35. The molecular formula is C32H34N2O6. The number of nitrogens with two attached hydrogens (primary N) is 1. The van der Waals surface area contributed by atoms with Crippen molar-refractivity contribution >= 4 is 5.97 Å². The highest BCUT2D eigenvalue weighted by molar-refractivity contribution is 5.74. The fourth-order valence-corrected chi connectivity index (χ4v) is 4.48. The van der Waals surface area contributed by atoms with Crippen molar-refractivity contribution in [1.82, 2.24) is 0 Å². The second-order valence-corrected chi connectivity index (χ2v) is 9.35. The van der Waals surface area contributed by atoms with Crippen molar-refractivity contribution in [1.29, 1.82) is 5.26 Å². The summed E-state index contributed by atoms with van der Waals surface area (Å²) >= 11 is 0. The van der Waals surface area contributed by atoms with Gasteiger partial charge in [-0.25, -0.2) is 4.79 Å². The maximum atomic E-state index is 12.5. The van der Waals surface area contributed by atoms with Gasteiger partial charge in [0.2, 0.25) is 5.88 Å². The molecule has 1 atom stereocenters. The van der Waals surface area contributed by atoms with Gasteiger partial charge in [-0.1, -0.05) is 50.1 Å². The van der Waals surface area contributed by atoms with E-state index in [1.807, 2.05) is 50.2 Å². The van der Waals surface area contributed by atoms with E-state index in [9.17, 15) is 10.1 Å². The van der Waals surface area contributed by atoms with E-state index >= 15 is 0 Å². The van der Waals surface area contributed by atoms with Gasteiger partial charge in [-0.3, -0.25) is 0 Å². The number of para-hydroxylation sites is 1. The molecule has 40 heavy (non-hydrogen) atoms. The third kappa shape index (κ3) is 6.67. The Kier molecular flexibility index (Phi) is 9.53. The molecule has 1 aliphatic heterocycles.